The molecule has 17 heavy (non-hydrogen) atoms. The van der Waals surface area contributed by atoms with Gasteiger partial charge < -0.3 is 15.4 Å². The van der Waals surface area contributed by atoms with Crippen LogP contribution in [0, 0.1) is 0 Å². The van der Waals surface area contributed by atoms with E-state index in [0.717, 1.165) is 12.1 Å². The number of hydrogen-bond acceptors (Lipinski definition) is 3. The Morgan fingerprint density at radius 1 is 1.41 bits per heavy atom. The van der Waals surface area contributed by atoms with E-state index in [4.69, 9.17) is 4.74 Å². The first kappa shape index (κ1) is 13.5. The maximum Gasteiger partial charge on any atom is 0.253 e. The molecule has 94 valence electrons. The van der Waals surface area contributed by atoms with Gasteiger partial charge >= 0.3 is 0 Å². The van der Waals surface area contributed by atoms with Crippen molar-refractivity contribution in [3.63, 3.8) is 0 Å². The van der Waals surface area contributed by atoms with Gasteiger partial charge in [0.15, 0.2) is 0 Å². The third kappa shape index (κ3) is 4.07. The minimum Gasteiger partial charge on any atom is -0.387 e. The molecule has 0 saturated heterocycles. The fourth-order valence-electron chi connectivity index (χ4n) is 1.57. The van der Waals surface area contributed by atoms with Gasteiger partial charge in [-0.3, -0.25) is 4.79 Å². The lowest BCUT2D eigenvalue weighted by atomic mass is 10.1. The van der Waals surface area contributed by atoms with Gasteiger partial charge in [-0.15, -0.1) is 0 Å². The quantitative estimate of drug-likeness (QED) is 0.793. The molecule has 4 nitrogen and oxygen atoms in total. The van der Waals surface area contributed by atoms with Gasteiger partial charge in [0.05, 0.1) is 5.56 Å². The number of nitrogens with one attached hydrogen (secondary N) is 2. The molecule has 1 amide bonds. The van der Waals surface area contributed by atoms with Crippen LogP contribution < -0.4 is 10.6 Å². The summed E-state index contributed by atoms with van der Waals surface area (Å²) in [6.07, 6.45) is 0.809. The highest BCUT2D eigenvalue weighted by molar-refractivity contribution is 5.99. The highest BCUT2D eigenvalue weighted by atomic mass is 16.5. The number of carbonyl (C=O) groups is 1. The van der Waals surface area contributed by atoms with Gasteiger partial charge in [-0.25, -0.2) is 0 Å². The third-order valence-corrected chi connectivity index (χ3v) is 2.57. The zero-order valence-corrected chi connectivity index (χ0v) is 10.6. The van der Waals surface area contributed by atoms with Gasteiger partial charge in [0, 0.05) is 32.5 Å². The summed E-state index contributed by atoms with van der Waals surface area (Å²) in [5.41, 5.74) is 1.50. The van der Waals surface area contributed by atoms with Crippen molar-refractivity contribution in [2.24, 2.45) is 0 Å². The van der Waals surface area contributed by atoms with Crippen molar-refractivity contribution in [2.45, 2.75) is 19.4 Å². The predicted molar refractivity (Wildman–Crippen MR) is 69.4 cm³/mol. The largest absolute Gasteiger partial charge is 0.387 e. The maximum absolute atomic E-state index is 12.0. The first-order valence-corrected chi connectivity index (χ1v) is 5.75. The summed E-state index contributed by atoms with van der Waals surface area (Å²) >= 11 is 0. The van der Waals surface area contributed by atoms with E-state index < -0.39 is 0 Å². The Hall–Kier alpha value is -1.55. The molecule has 1 aromatic carbocycles. The Labute approximate surface area is 102 Å². The maximum atomic E-state index is 12.0. The van der Waals surface area contributed by atoms with Crippen LogP contribution in [0.2, 0.25) is 0 Å². The van der Waals surface area contributed by atoms with E-state index in [1.807, 2.05) is 31.2 Å². The van der Waals surface area contributed by atoms with Crippen LogP contribution in [0.5, 0.6) is 0 Å². The topological polar surface area (TPSA) is 50.4 Å². The van der Waals surface area contributed by atoms with Crippen LogP contribution >= 0.6 is 0 Å². The van der Waals surface area contributed by atoms with Gasteiger partial charge in [-0.1, -0.05) is 12.1 Å². The van der Waals surface area contributed by atoms with Gasteiger partial charge in [0.25, 0.3) is 5.91 Å². The molecule has 0 radical (unpaired) electrons. The van der Waals surface area contributed by atoms with E-state index in [-0.39, 0.29) is 11.9 Å². The van der Waals surface area contributed by atoms with Crippen LogP contribution in [-0.2, 0) is 4.74 Å². The first-order chi connectivity index (χ1) is 8.19. The van der Waals surface area contributed by atoms with Crippen molar-refractivity contribution < 1.29 is 9.53 Å². The summed E-state index contributed by atoms with van der Waals surface area (Å²) in [6.45, 7) is 2.62. The molecule has 0 heterocycles. The van der Waals surface area contributed by atoms with Crippen molar-refractivity contribution in [3.05, 3.63) is 29.8 Å². The lowest BCUT2D eigenvalue weighted by Crippen LogP contribution is -2.33. The molecular formula is C13H20N2O2. The van der Waals surface area contributed by atoms with Crippen molar-refractivity contribution in [1.29, 1.82) is 0 Å². The zero-order valence-electron chi connectivity index (χ0n) is 10.6. The van der Waals surface area contributed by atoms with E-state index in [2.05, 4.69) is 10.6 Å². The Kier molecular flexibility index (Phi) is 5.49. The van der Waals surface area contributed by atoms with Crippen LogP contribution in [0.1, 0.15) is 23.7 Å². The summed E-state index contributed by atoms with van der Waals surface area (Å²) in [7, 11) is 3.46. The fraction of sp³-hybridized carbons (Fsp3) is 0.462. The van der Waals surface area contributed by atoms with E-state index in [9.17, 15) is 4.79 Å². The molecule has 0 bridgehead atoms. The zero-order chi connectivity index (χ0) is 12.7. The molecule has 1 rings (SSSR count). The smallest absolute Gasteiger partial charge is 0.253 e. The minimum absolute atomic E-state index is 0.0569. The lowest BCUT2D eigenvalue weighted by molar-refractivity contribution is 0.0930. The summed E-state index contributed by atoms with van der Waals surface area (Å²) < 4.78 is 4.98. The average molecular weight is 236 g/mol. The van der Waals surface area contributed by atoms with Crippen molar-refractivity contribution >= 4 is 11.6 Å². The summed E-state index contributed by atoms with van der Waals surface area (Å²) in [5.74, 6) is -0.0569. The van der Waals surface area contributed by atoms with Crippen LogP contribution in [-0.4, -0.2) is 32.7 Å². The monoisotopic (exact) mass is 236 g/mol. The molecule has 1 unspecified atom stereocenters. The highest BCUT2D eigenvalue weighted by Crippen LogP contribution is 2.14. The Balaban J connectivity index is 2.63. The standard InChI is InChI=1S/C13H20N2O2/c1-10(8-9-17-3)15-13(16)11-6-4-5-7-12(11)14-2/h4-7,10,14H,8-9H2,1-3H3,(H,15,16). The van der Waals surface area contributed by atoms with E-state index in [0.29, 0.717) is 12.2 Å². The van der Waals surface area contributed by atoms with Crippen molar-refractivity contribution in [1.82, 2.24) is 5.32 Å². The molecule has 0 aliphatic rings. The molecule has 0 saturated carbocycles. The van der Waals surface area contributed by atoms with Crippen LogP contribution in [0.4, 0.5) is 5.69 Å². The average Bonchev–Trinajstić information content (AvgIpc) is 2.36. The number of hydrogen-bond donors (Lipinski definition) is 2. The normalized spacial score (nSPS) is 11.9. The van der Waals surface area contributed by atoms with Gasteiger partial charge in [-0.05, 0) is 25.5 Å². The Morgan fingerprint density at radius 2 is 2.12 bits per heavy atom. The van der Waals surface area contributed by atoms with Crippen LogP contribution in [0.3, 0.4) is 0 Å². The SMILES string of the molecule is CNc1ccccc1C(=O)NC(C)CCOC. The molecule has 0 spiro atoms. The molecule has 0 aliphatic heterocycles. The van der Waals surface area contributed by atoms with Crippen LogP contribution in [0.15, 0.2) is 24.3 Å². The first-order valence-electron chi connectivity index (χ1n) is 5.75. The minimum atomic E-state index is -0.0569. The molecule has 0 fully saturated rings. The lowest BCUT2D eigenvalue weighted by Gasteiger charge is -2.15. The second-order valence-electron chi connectivity index (χ2n) is 3.95. The number of carbonyl (C=O) groups excluding carboxylic acids is 1. The molecular weight excluding hydrogens is 216 g/mol. The molecule has 1 atom stereocenters. The number of methoxy groups -OCH3 is 1. The number of benzene rings is 1. The van der Waals surface area contributed by atoms with Crippen molar-refractivity contribution in [3.8, 4) is 0 Å². The predicted octanol–water partition coefficient (Wildman–Crippen LogP) is 1.88. The molecule has 4 heteroatoms. The number of rotatable bonds is 6. The molecule has 0 aromatic heterocycles. The van der Waals surface area contributed by atoms with Gasteiger partial charge in [-0.2, -0.15) is 0 Å². The number of para-hydroxylation sites is 1. The molecule has 0 aliphatic carbocycles. The van der Waals surface area contributed by atoms with Crippen molar-refractivity contribution in [2.75, 3.05) is 26.1 Å². The van der Waals surface area contributed by atoms with E-state index >= 15 is 0 Å². The second kappa shape index (κ2) is 6.91. The summed E-state index contributed by atoms with van der Waals surface area (Å²) in [4.78, 5) is 12.0. The van der Waals surface area contributed by atoms with Crippen LogP contribution in [0.25, 0.3) is 0 Å². The van der Waals surface area contributed by atoms with Gasteiger partial charge in [0.1, 0.15) is 0 Å². The number of amides is 1. The fourth-order valence-corrected chi connectivity index (χ4v) is 1.57. The van der Waals surface area contributed by atoms with Gasteiger partial charge in [0.2, 0.25) is 0 Å². The number of anilines is 1. The van der Waals surface area contributed by atoms with E-state index in [1.165, 1.54) is 0 Å². The molecule has 1 aromatic rings. The number of ether oxygens (including phenoxy) is 1. The Bertz CT molecular complexity index is 366. The third-order valence-electron chi connectivity index (χ3n) is 2.57. The summed E-state index contributed by atoms with van der Waals surface area (Å²) in [5, 5.41) is 5.95. The Morgan fingerprint density at radius 3 is 2.76 bits per heavy atom. The highest BCUT2D eigenvalue weighted by Gasteiger charge is 2.12. The summed E-state index contributed by atoms with van der Waals surface area (Å²) in [6, 6.07) is 7.55. The second-order valence-corrected chi connectivity index (χ2v) is 3.95. The van der Waals surface area contributed by atoms with E-state index in [1.54, 1.807) is 14.2 Å². The molecule has 2 N–H and O–H groups in total.